The van der Waals surface area contributed by atoms with Crippen LogP contribution in [0.2, 0.25) is 0 Å². The van der Waals surface area contributed by atoms with Crippen molar-refractivity contribution >= 4 is 23.6 Å². The smallest absolute Gasteiger partial charge is 0.272 e. The minimum absolute atomic E-state index is 0.121. The fourth-order valence-electron chi connectivity index (χ4n) is 2.84. The molecule has 6 N–H and O–H groups in total. The van der Waals surface area contributed by atoms with Gasteiger partial charge in [0.2, 0.25) is 5.91 Å². The minimum Gasteiger partial charge on any atom is -0.388 e. The first-order chi connectivity index (χ1) is 14.4. The molecule has 2 amide bonds. The van der Waals surface area contributed by atoms with E-state index in [1.54, 1.807) is 6.92 Å². The summed E-state index contributed by atoms with van der Waals surface area (Å²) >= 11 is 0. The highest BCUT2D eigenvalue weighted by molar-refractivity contribution is 5.98. The van der Waals surface area contributed by atoms with Crippen LogP contribution in [0.5, 0.6) is 0 Å². The van der Waals surface area contributed by atoms with Crippen LogP contribution in [-0.4, -0.2) is 64.0 Å². The Balaban J connectivity index is 2.00. The van der Waals surface area contributed by atoms with E-state index in [0.29, 0.717) is 31.6 Å². The van der Waals surface area contributed by atoms with Crippen molar-refractivity contribution < 1.29 is 9.59 Å². The third kappa shape index (κ3) is 7.24. The van der Waals surface area contributed by atoms with Gasteiger partial charge >= 0.3 is 0 Å². The van der Waals surface area contributed by atoms with Crippen LogP contribution in [0.25, 0.3) is 0 Å². The van der Waals surface area contributed by atoms with Crippen molar-refractivity contribution in [3.05, 3.63) is 35.9 Å². The molecule has 0 saturated heterocycles. The second kappa shape index (κ2) is 11.6. The van der Waals surface area contributed by atoms with Gasteiger partial charge < -0.3 is 16.8 Å². The highest BCUT2D eigenvalue weighted by Gasteiger charge is 2.28. The number of nitrogens with zero attached hydrogens (tertiary/aromatic N) is 5. The van der Waals surface area contributed by atoms with Crippen LogP contribution in [0.15, 0.2) is 35.3 Å². The van der Waals surface area contributed by atoms with Crippen LogP contribution in [0.3, 0.4) is 0 Å². The molecule has 30 heavy (non-hydrogen) atoms. The van der Waals surface area contributed by atoms with E-state index in [1.807, 2.05) is 30.3 Å². The van der Waals surface area contributed by atoms with Gasteiger partial charge in [0.05, 0.1) is 11.9 Å². The van der Waals surface area contributed by atoms with Crippen LogP contribution in [0.1, 0.15) is 31.7 Å². The van der Waals surface area contributed by atoms with Crippen molar-refractivity contribution in [2.45, 2.75) is 44.7 Å². The topological polar surface area (TPSA) is 168 Å². The first-order valence-electron chi connectivity index (χ1n) is 9.76. The summed E-state index contributed by atoms with van der Waals surface area (Å²) < 4.78 is 0. The number of benzene rings is 1. The zero-order chi connectivity index (χ0) is 21.9. The summed E-state index contributed by atoms with van der Waals surface area (Å²) in [5.74, 6) is -0.111. The molecule has 2 aromatic rings. The molecule has 0 fully saturated rings. The Morgan fingerprint density at radius 2 is 2.00 bits per heavy atom. The fourth-order valence-corrected chi connectivity index (χ4v) is 2.84. The monoisotopic (exact) mass is 415 g/mol. The van der Waals surface area contributed by atoms with Crippen molar-refractivity contribution in [3.8, 4) is 0 Å². The first-order valence-corrected chi connectivity index (χ1v) is 9.76. The standard InChI is InChI=1S/C19H29N9O2/c1-13(20)22-11-7-6-10-16(18(30)28(2)19-24-26-27-25-19)23-17(29)15(21)12-14-8-4-3-5-9-14/h3-5,8-9,15-16H,6-7,10-12,21H2,1-2H3,(H2,20,22)(H,23,29)(H,24,25,26,27)/t15?,16-/m0/s1. The van der Waals surface area contributed by atoms with Gasteiger partial charge in [-0.25, -0.2) is 0 Å². The van der Waals surface area contributed by atoms with E-state index in [9.17, 15) is 9.59 Å². The van der Waals surface area contributed by atoms with E-state index in [1.165, 1.54) is 11.9 Å². The van der Waals surface area contributed by atoms with Crippen LogP contribution in [-0.2, 0) is 16.0 Å². The molecule has 2 atom stereocenters. The van der Waals surface area contributed by atoms with E-state index in [-0.39, 0.29) is 11.9 Å². The lowest BCUT2D eigenvalue weighted by molar-refractivity contribution is -0.128. The number of H-pyrrole nitrogens is 1. The number of aliphatic imine (C=N–C) groups is 1. The van der Waals surface area contributed by atoms with E-state index in [4.69, 9.17) is 11.5 Å². The SMILES string of the molecule is CC(N)=NCCCC[C@H](NC(=O)C(N)Cc1ccccc1)C(=O)N(C)c1nn[nH]n1. The molecule has 0 aliphatic rings. The molecule has 162 valence electrons. The van der Waals surface area contributed by atoms with Gasteiger partial charge in [-0.2, -0.15) is 5.21 Å². The molecule has 0 aliphatic carbocycles. The molecule has 1 aromatic carbocycles. The Kier molecular flexibility index (Phi) is 8.88. The lowest BCUT2D eigenvalue weighted by atomic mass is 10.0. The number of nitrogens with two attached hydrogens (primary N) is 2. The third-order valence-corrected chi connectivity index (χ3v) is 4.48. The summed E-state index contributed by atoms with van der Waals surface area (Å²) in [6, 6.07) is 7.93. The molecular weight excluding hydrogens is 386 g/mol. The average Bonchev–Trinajstić information content (AvgIpc) is 3.26. The number of hydrogen-bond acceptors (Lipinski definition) is 7. The predicted octanol–water partition coefficient (Wildman–Crippen LogP) is -0.235. The number of rotatable bonds is 11. The van der Waals surface area contributed by atoms with E-state index >= 15 is 0 Å². The largest absolute Gasteiger partial charge is 0.388 e. The molecule has 0 saturated carbocycles. The molecular formula is C19H29N9O2. The highest BCUT2D eigenvalue weighted by Crippen LogP contribution is 2.10. The van der Waals surface area contributed by atoms with Crippen molar-refractivity contribution in [2.24, 2.45) is 16.5 Å². The molecule has 2 rings (SSSR count). The molecule has 0 bridgehead atoms. The maximum atomic E-state index is 12.9. The van der Waals surface area contributed by atoms with Gasteiger partial charge in [0.25, 0.3) is 11.9 Å². The average molecular weight is 416 g/mol. The van der Waals surface area contributed by atoms with Gasteiger partial charge in [-0.15, -0.1) is 5.10 Å². The summed E-state index contributed by atoms with van der Waals surface area (Å²) in [7, 11) is 1.53. The fraction of sp³-hybridized carbons (Fsp3) is 0.474. The number of amidine groups is 1. The highest BCUT2D eigenvalue weighted by atomic mass is 16.2. The second-order valence-electron chi connectivity index (χ2n) is 6.99. The van der Waals surface area contributed by atoms with Crippen molar-refractivity contribution in [1.82, 2.24) is 25.9 Å². The number of aromatic nitrogens is 4. The Bertz CT molecular complexity index is 820. The van der Waals surface area contributed by atoms with Gasteiger partial charge in [0, 0.05) is 13.6 Å². The summed E-state index contributed by atoms with van der Waals surface area (Å²) in [4.78, 5) is 31.0. The molecule has 0 spiro atoms. The summed E-state index contributed by atoms with van der Waals surface area (Å²) in [5, 5.41) is 16.2. The van der Waals surface area contributed by atoms with Crippen molar-refractivity contribution in [3.63, 3.8) is 0 Å². The normalized spacial score (nSPS) is 13.5. The molecule has 0 aliphatic heterocycles. The number of nitrogens with one attached hydrogen (secondary N) is 2. The first kappa shape index (κ1) is 22.9. The molecule has 0 radical (unpaired) electrons. The third-order valence-electron chi connectivity index (χ3n) is 4.48. The molecule has 1 heterocycles. The van der Waals surface area contributed by atoms with Gasteiger partial charge in [-0.3, -0.25) is 19.5 Å². The second-order valence-corrected chi connectivity index (χ2v) is 6.99. The van der Waals surface area contributed by atoms with Crippen LogP contribution < -0.4 is 21.7 Å². The Morgan fingerprint density at radius 3 is 2.63 bits per heavy atom. The summed E-state index contributed by atoms with van der Waals surface area (Å²) in [6.07, 6.45) is 2.19. The van der Waals surface area contributed by atoms with Gasteiger partial charge in [0.1, 0.15) is 6.04 Å². The number of likely N-dealkylation sites (N-methyl/N-ethyl adjacent to an activating group) is 1. The van der Waals surface area contributed by atoms with Crippen LogP contribution >= 0.6 is 0 Å². The number of hydrogen-bond donors (Lipinski definition) is 4. The molecule has 11 heteroatoms. The number of amides is 2. The Labute approximate surface area is 175 Å². The number of unbranched alkanes of at least 4 members (excludes halogenated alkanes) is 1. The number of carbonyl (C=O) groups excluding carboxylic acids is 2. The van der Waals surface area contributed by atoms with Gasteiger partial charge in [0.15, 0.2) is 0 Å². The minimum atomic E-state index is -0.775. The van der Waals surface area contributed by atoms with E-state index in [2.05, 4.69) is 30.9 Å². The van der Waals surface area contributed by atoms with Gasteiger partial charge in [-0.05, 0) is 43.4 Å². The Hall–Kier alpha value is -3.34. The van der Waals surface area contributed by atoms with Crippen molar-refractivity contribution in [1.29, 1.82) is 0 Å². The number of anilines is 1. The molecule has 11 nitrogen and oxygen atoms in total. The lowest BCUT2D eigenvalue weighted by Crippen LogP contribution is -2.52. The maximum absolute atomic E-state index is 12.9. The zero-order valence-corrected chi connectivity index (χ0v) is 17.3. The maximum Gasteiger partial charge on any atom is 0.272 e. The van der Waals surface area contributed by atoms with Crippen molar-refractivity contribution in [2.75, 3.05) is 18.5 Å². The van der Waals surface area contributed by atoms with Gasteiger partial charge in [-0.1, -0.05) is 35.4 Å². The number of tetrazole rings is 1. The van der Waals surface area contributed by atoms with Crippen LogP contribution in [0, 0.1) is 0 Å². The summed E-state index contributed by atoms with van der Waals surface area (Å²) in [5.41, 5.74) is 12.6. The number of carbonyl (C=O) groups is 2. The number of aromatic amines is 1. The summed E-state index contributed by atoms with van der Waals surface area (Å²) in [6.45, 7) is 2.28. The quantitative estimate of drug-likeness (QED) is 0.223. The lowest BCUT2D eigenvalue weighted by Gasteiger charge is -2.23. The van der Waals surface area contributed by atoms with E-state index in [0.717, 1.165) is 12.0 Å². The zero-order valence-electron chi connectivity index (χ0n) is 17.3. The predicted molar refractivity (Wildman–Crippen MR) is 114 cm³/mol. The van der Waals surface area contributed by atoms with E-state index < -0.39 is 18.0 Å². The molecule has 1 aromatic heterocycles. The molecule has 1 unspecified atom stereocenters. The van der Waals surface area contributed by atoms with Crippen LogP contribution in [0.4, 0.5) is 5.95 Å². The Morgan fingerprint density at radius 1 is 1.27 bits per heavy atom.